The second-order valence-electron chi connectivity index (χ2n) is 4.16. The highest BCUT2D eigenvalue weighted by Gasteiger charge is 2.20. The van der Waals surface area contributed by atoms with Crippen LogP contribution in [0, 0.1) is 17.5 Å². The lowest BCUT2D eigenvalue weighted by Crippen LogP contribution is -2.15. The van der Waals surface area contributed by atoms with Gasteiger partial charge < -0.3 is 5.11 Å². The zero-order chi connectivity index (χ0) is 16.5. The number of sulfonamides is 1. The van der Waals surface area contributed by atoms with E-state index in [1.165, 1.54) is 12.1 Å². The van der Waals surface area contributed by atoms with E-state index in [2.05, 4.69) is 0 Å². The van der Waals surface area contributed by atoms with Crippen LogP contribution in [-0.2, 0) is 10.0 Å². The van der Waals surface area contributed by atoms with E-state index < -0.39 is 44.0 Å². The third kappa shape index (κ3) is 3.03. The number of carbonyl (C=O) groups is 1. The number of rotatable bonds is 4. The molecule has 2 aromatic carbocycles. The average molecular weight is 331 g/mol. The van der Waals surface area contributed by atoms with E-state index in [-0.39, 0.29) is 5.56 Å². The van der Waals surface area contributed by atoms with Gasteiger partial charge >= 0.3 is 5.97 Å². The topological polar surface area (TPSA) is 83.5 Å². The Morgan fingerprint density at radius 3 is 2.36 bits per heavy atom. The number of carboxylic acids is 1. The van der Waals surface area contributed by atoms with Gasteiger partial charge in [-0.25, -0.2) is 26.4 Å². The summed E-state index contributed by atoms with van der Waals surface area (Å²) >= 11 is 0. The fourth-order valence-electron chi connectivity index (χ4n) is 1.60. The molecule has 2 aromatic rings. The number of anilines is 1. The van der Waals surface area contributed by atoms with Crippen LogP contribution in [0.4, 0.5) is 18.9 Å². The lowest BCUT2D eigenvalue weighted by Gasteiger charge is -2.10. The Kier molecular flexibility index (Phi) is 4.09. The number of hydrogen-bond donors (Lipinski definition) is 2. The number of benzene rings is 2. The molecule has 2 rings (SSSR count). The highest BCUT2D eigenvalue weighted by molar-refractivity contribution is 7.92. The molecule has 0 aromatic heterocycles. The summed E-state index contributed by atoms with van der Waals surface area (Å²) in [7, 11) is -4.36. The van der Waals surface area contributed by atoms with Gasteiger partial charge in [0.25, 0.3) is 10.0 Å². The number of halogens is 3. The van der Waals surface area contributed by atoms with Gasteiger partial charge in [0, 0.05) is 0 Å². The van der Waals surface area contributed by atoms with Crippen molar-refractivity contribution >= 4 is 21.7 Å². The summed E-state index contributed by atoms with van der Waals surface area (Å²) in [6, 6.07) is 5.55. The molecule has 0 saturated heterocycles. The third-order valence-corrected chi connectivity index (χ3v) is 4.03. The molecule has 116 valence electrons. The summed E-state index contributed by atoms with van der Waals surface area (Å²) < 4.78 is 65.2. The predicted molar refractivity (Wildman–Crippen MR) is 70.5 cm³/mol. The second-order valence-corrected chi connectivity index (χ2v) is 5.84. The molecule has 0 aliphatic heterocycles. The van der Waals surface area contributed by atoms with Crippen LogP contribution in [0.2, 0.25) is 0 Å². The summed E-state index contributed by atoms with van der Waals surface area (Å²) in [5.74, 6) is -6.33. The molecule has 0 aliphatic rings. The Morgan fingerprint density at radius 1 is 1.05 bits per heavy atom. The molecule has 22 heavy (non-hydrogen) atoms. The molecular formula is C13H8F3NO4S. The minimum Gasteiger partial charge on any atom is -0.478 e. The second kappa shape index (κ2) is 5.68. The maximum atomic E-state index is 13.5. The number of carboxylic acid groups (broad SMARTS) is 1. The standard InChI is InChI=1S/C13H8F3NO4S/c14-9-4-5-10(12(16)11(9)15)17-22(20,21)8-3-1-2-7(6-8)13(18)19/h1-6,17H,(H,18,19). The zero-order valence-electron chi connectivity index (χ0n) is 10.7. The van der Waals surface area contributed by atoms with E-state index in [4.69, 9.17) is 5.11 Å². The lowest BCUT2D eigenvalue weighted by atomic mass is 10.2. The normalized spacial score (nSPS) is 11.2. The van der Waals surface area contributed by atoms with E-state index >= 15 is 0 Å². The van der Waals surface area contributed by atoms with Crippen molar-refractivity contribution in [1.29, 1.82) is 0 Å². The van der Waals surface area contributed by atoms with Crippen LogP contribution in [0.25, 0.3) is 0 Å². The van der Waals surface area contributed by atoms with Crippen molar-refractivity contribution < 1.29 is 31.5 Å². The summed E-state index contributed by atoms with van der Waals surface area (Å²) in [4.78, 5) is 10.3. The number of nitrogens with one attached hydrogen (secondary N) is 1. The maximum Gasteiger partial charge on any atom is 0.335 e. The average Bonchev–Trinajstić information content (AvgIpc) is 2.48. The Morgan fingerprint density at radius 2 is 1.73 bits per heavy atom. The first kappa shape index (κ1) is 15.8. The van der Waals surface area contributed by atoms with Crippen molar-refractivity contribution in [3.05, 3.63) is 59.4 Å². The summed E-state index contributed by atoms with van der Waals surface area (Å²) in [6.45, 7) is 0. The van der Waals surface area contributed by atoms with Gasteiger partial charge in [-0.1, -0.05) is 6.07 Å². The molecule has 0 radical (unpaired) electrons. The van der Waals surface area contributed by atoms with Gasteiger partial charge in [0.2, 0.25) is 0 Å². The Bertz CT molecular complexity index is 852. The Hall–Kier alpha value is -2.55. The van der Waals surface area contributed by atoms with Crippen LogP contribution in [0.5, 0.6) is 0 Å². The molecule has 2 N–H and O–H groups in total. The molecule has 0 spiro atoms. The van der Waals surface area contributed by atoms with E-state index in [1.807, 2.05) is 0 Å². The molecule has 0 heterocycles. The van der Waals surface area contributed by atoms with E-state index in [0.29, 0.717) is 12.1 Å². The summed E-state index contributed by atoms with van der Waals surface area (Å²) in [5, 5.41) is 8.81. The maximum absolute atomic E-state index is 13.5. The van der Waals surface area contributed by atoms with Gasteiger partial charge in [0.15, 0.2) is 17.5 Å². The molecule has 0 fully saturated rings. The van der Waals surface area contributed by atoms with Crippen molar-refractivity contribution in [2.45, 2.75) is 4.90 Å². The van der Waals surface area contributed by atoms with E-state index in [1.54, 1.807) is 4.72 Å². The molecule has 0 aliphatic carbocycles. The SMILES string of the molecule is O=C(O)c1cccc(S(=O)(=O)Nc2ccc(F)c(F)c2F)c1. The predicted octanol–water partition coefficient (Wildman–Crippen LogP) is 2.60. The van der Waals surface area contributed by atoms with Crippen LogP contribution in [-0.4, -0.2) is 19.5 Å². The third-order valence-electron chi connectivity index (χ3n) is 2.67. The van der Waals surface area contributed by atoms with Crippen LogP contribution < -0.4 is 4.72 Å². The van der Waals surface area contributed by atoms with Crippen LogP contribution in [0.3, 0.4) is 0 Å². The van der Waals surface area contributed by atoms with Gasteiger partial charge in [-0.3, -0.25) is 4.72 Å². The molecule has 0 bridgehead atoms. The van der Waals surface area contributed by atoms with Crippen molar-refractivity contribution in [1.82, 2.24) is 0 Å². The summed E-state index contributed by atoms with van der Waals surface area (Å²) in [6.07, 6.45) is 0. The summed E-state index contributed by atoms with van der Waals surface area (Å²) in [5.41, 5.74) is -1.09. The molecule has 0 unspecified atom stereocenters. The highest BCUT2D eigenvalue weighted by atomic mass is 32.2. The lowest BCUT2D eigenvalue weighted by molar-refractivity contribution is 0.0696. The first-order valence-electron chi connectivity index (χ1n) is 5.72. The fourth-order valence-corrected chi connectivity index (χ4v) is 2.71. The molecule has 0 amide bonds. The monoisotopic (exact) mass is 331 g/mol. The molecule has 0 saturated carbocycles. The first-order chi connectivity index (χ1) is 10.2. The van der Waals surface area contributed by atoms with Crippen LogP contribution in [0.15, 0.2) is 41.3 Å². The van der Waals surface area contributed by atoms with E-state index in [9.17, 15) is 26.4 Å². The smallest absolute Gasteiger partial charge is 0.335 e. The van der Waals surface area contributed by atoms with Gasteiger partial charge in [0.05, 0.1) is 16.1 Å². The Labute approximate surface area is 123 Å². The van der Waals surface area contributed by atoms with Gasteiger partial charge in [-0.2, -0.15) is 0 Å². The largest absolute Gasteiger partial charge is 0.478 e. The first-order valence-corrected chi connectivity index (χ1v) is 7.20. The molecule has 0 atom stereocenters. The quantitative estimate of drug-likeness (QED) is 0.844. The highest BCUT2D eigenvalue weighted by Crippen LogP contribution is 2.23. The van der Waals surface area contributed by atoms with Gasteiger partial charge in [-0.15, -0.1) is 0 Å². The van der Waals surface area contributed by atoms with Crippen molar-refractivity contribution in [3.63, 3.8) is 0 Å². The van der Waals surface area contributed by atoms with Crippen molar-refractivity contribution in [2.75, 3.05) is 4.72 Å². The Balaban J connectivity index is 2.42. The van der Waals surface area contributed by atoms with Crippen molar-refractivity contribution in [3.8, 4) is 0 Å². The van der Waals surface area contributed by atoms with E-state index in [0.717, 1.165) is 12.1 Å². The van der Waals surface area contributed by atoms with Gasteiger partial charge in [-0.05, 0) is 30.3 Å². The minimum absolute atomic E-state index is 0.298. The zero-order valence-corrected chi connectivity index (χ0v) is 11.5. The number of aromatic carboxylic acids is 1. The molecule has 9 heteroatoms. The van der Waals surface area contributed by atoms with Crippen molar-refractivity contribution in [2.24, 2.45) is 0 Å². The number of hydrogen-bond acceptors (Lipinski definition) is 3. The van der Waals surface area contributed by atoms with Crippen LogP contribution >= 0.6 is 0 Å². The molecule has 5 nitrogen and oxygen atoms in total. The van der Waals surface area contributed by atoms with Crippen LogP contribution in [0.1, 0.15) is 10.4 Å². The minimum atomic E-state index is -4.36. The van der Waals surface area contributed by atoms with Gasteiger partial charge in [0.1, 0.15) is 0 Å². The fraction of sp³-hybridized carbons (Fsp3) is 0. The molecular weight excluding hydrogens is 323 g/mol.